The lowest BCUT2D eigenvalue weighted by molar-refractivity contribution is 0.188. The van der Waals surface area contributed by atoms with Crippen molar-refractivity contribution < 1.29 is 4.74 Å². The van der Waals surface area contributed by atoms with Gasteiger partial charge >= 0.3 is 0 Å². The van der Waals surface area contributed by atoms with Crippen molar-refractivity contribution in [2.75, 3.05) is 13.2 Å². The maximum Gasteiger partial charge on any atom is 0.124 e. The Balaban J connectivity index is 2.36. The van der Waals surface area contributed by atoms with Gasteiger partial charge in [-0.2, -0.15) is 0 Å². The number of hydrogen-bond acceptors (Lipinski definition) is 2. The predicted molar refractivity (Wildman–Crippen MR) is 85.5 cm³/mol. The summed E-state index contributed by atoms with van der Waals surface area (Å²) >= 11 is 0. The average molecular weight is 275 g/mol. The normalized spacial score (nSPS) is 22.2. The summed E-state index contributed by atoms with van der Waals surface area (Å²) in [5.74, 6) is 1.58. The van der Waals surface area contributed by atoms with Crippen molar-refractivity contribution in [3.63, 3.8) is 0 Å². The van der Waals surface area contributed by atoms with E-state index in [1.54, 1.807) is 0 Å². The highest BCUT2D eigenvalue weighted by atomic mass is 16.5. The minimum Gasteiger partial charge on any atom is -0.493 e. The molecular formula is C18H29NO. The van der Waals surface area contributed by atoms with E-state index in [1.807, 2.05) is 0 Å². The van der Waals surface area contributed by atoms with Gasteiger partial charge in [-0.25, -0.2) is 0 Å². The van der Waals surface area contributed by atoms with E-state index in [9.17, 15) is 0 Å². The predicted octanol–water partition coefficient (Wildman–Crippen LogP) is 4.44. The van der Waals surface area contributed by atoms with Crippen LogP contribution in [0.3, 0.4) is 0 Å². The van der Waals surface area contributed by atoms with Crippen LogP contribution in [0.5, 0.6) is 5.75 Å². The fourth-order valence-electron chi connectivity index (χ4n) is 2.78. The van der Waals surface area contributed by atoms with Gasteiger partial charge in [-0.1, -0.05) is 40.7 Å². The first-order valence-corrected chi connectivity index (χ1v) is 8.00. The zero-order chi connectivity index (χ0) is 14.8. The van der Waals surface area contributed by atoms with E-state index in [-0.39, 0.29) is 5.41 Å². The molecule has 0 fully saturated rings. The van der Waals surface area contributed by atoms with Crippen LogP contribution in [-0.4, -0.2) is 13.2 Å². The Labute approximate surface area is 123 Å². The Morgan fingerprint density at radius 1 is 1.30 bits per heavy atom. The van der Waals surface area contributed by atoms with Crippen LogP contribution < -0.4 is 10.1 Å². The molecule has 112 valence electrons. The van der Waals surface area contributed by atoms with E-state index >= 15 is 0 Å². The zero-order valence-electron chi connectivity index (χ0n) is 13.6. The first-order valence-electron chi connectivity index (χ1n) is 8.00. The molecule has 0 aromatic heterocycles. The molecule has 2 rings (SSSR count). The molecule has 0 bridgehead atoms. The van der Waals surface area contributed by atoms with Gasteiger partial charge in [0.25, 0.3) is 0 Å². The Hall–Kier alpha value is -1.02. The van der Waals surface area contributed by atoms with Gasteiger partial charge in [0.15, 0.2) is 0 Å². The fourth-order valence-corrected chi connectivity index (χ4v) is 2.78. The van der Waals surface area contributed by atoms with E-state index in [1.165, 1.54) is 17.5 Å². The van der Waals surface area contributed by atoms with E-state index in [0.29, 0.717) is 12.0 Å². The molecule has 1 aliphatic rings. The molecule has 0 saturated carbocycles. The van der Waals surface area contributed by atoms with Crippen molar-refractivity contribution in [2.24, 2.45) is 5.92 Å². The molecule has 1 aromatic carbocycles. The smallest absolute Gasteiger partial charge is 0.124 e. The second-order valence-electron chi connectivity index (χ2n) is 6.71. The number of benzene rings is 1. The van der Waals surface area contributed by atoms with Crippen LogP contribution >= 0.6 is 0 Å². The van der Waals surface area contributed by atoms with Crippen molar-refractivity contribution >= 4 is 0 Å². The highest BCUT2D eigenvalue weighted by molar-refractivity contribution is 5.43. The summed E-state index contributed by atoms with van der Waals surface area (Å²) in [7, 11) is 0. The van der Waals surface area contributed by atoms with Crippen LogP contribution in [0.4, 0.5) is 0 Å². The molecule has 0 spiro atoms. The minimum absolute atomic E-state index is 0.227. The third-order valence-corrected chi connectivity index (χ3v) is 4.70. The largest absolute Gasteiger partial charge is 0.493 e. The van der Waals surface area contributed by atoms with Crippen LogP contribution in [0.25, 0.3) is 0 Å². The van der Waals surface area contributed by atoms with Crippen molar-refractivity contribution in [2.45, 2.75) is 58.9 Å². The standard InChI is InChI=1S/C18H29NO/c1-6-10-19-17-13(3)12-20-16-9-8-14(11-15(16)17)18(4,5)7-2/h8-9,11,13,17,19H,6-7,10,12H2,1-5H3. The first-order chi connectivity index (χ1) is 9.49. The summed E-state index contributed by atoms with van der Waals surface area (Å²) < 4.78 is 5.91. The van der Waals surface area contributed by atoms with Crippen LogP contribution in [-0.2, 0) is 5.41 Å². The molecule has 0 amide bonds. The minimum atomic E-state index is 0.227. The lowest BCUT2D eigenvalue weighted by atomic mass is 9.80. The number of ether oxygens (including phenoxy) is 1. The van der Waals surface area contributed by atoms with Crippen molar-refractivity contribution in [3.05, 3.63) is 29.3 Å². The third-order valence-electron chi connectivity index (χ3n) is 4.70. The second-order valence-corrected chi connectivity index (χ2v) is 6.71. The summed E-state index contributed by atoms with van der Waals surface area (Å²) in [6.07, 6.45) is 2.31. The Morgan fingerprint density at radius 2 is 2.05 bits per heavy atom. The topological polar surface area (TPSA) is 21.3 Å². The van der Waals surface area contributed by atoms with Crippen molar-refractivity contribution in [1.29, 1.82) is 0 Å². The summed E-state index contributed by atoms with van der Waals surface area (Å²) in [6.45, 7) is 13.3. The Bertz CT molecular complexity index is 453. The number of fused-ring (bicyclic) bond motifs is 1. The molecule has 2 unspecified atom stereocenters. The van der Waals surface area contributed by atoms with Crippen LogP contribution in [0, 0.1) is 5.92 Å². The summed E-state index contributed by atoms with van der Waals surface area (Å²) in [4.78, 5) is 0. The lowest BCUT2D eigenvalue weighted by Gasteiger charge is -2.34. The Kier molecular flexibility index (Phi) is 4.74. The first kappa shape index (κ1) is 15.4. The monoisotopic (exact) mass is 275 g/mol. The maximum absolute atomic E-state index is 5.91. The van der Waals surface area contributed by atoms with Crippen LogP contribution in [0.2, 0.25) is 0 Å². The van der Waals surface area contributed by atoms with E-state index < -0.39 is 0 Å². The van der Waals surface area contributed by atoms with Gasteiger partial charge in [-0.05, 0) is 42.5 Å². The quantitative estimate of drug-likeness (QED) is 0.857. The van der Waals surface area contributed by atoms with Gasteiger partial charge in [0, 0.05) is 17.5 Å². The molecule has 2 nitrogen and oxygen atoms in total. The van der Waals surface area contributed by atoms with Crippen molar-refractivity contribution in [3.8, 4) is 5.75 Å². The summed E-state index contributed by atoms with van der Waals surface area (Å²) in [5.41, 5.74) is 2.99. The van der Waals surface area contributed by atoms with Gasteiger partial charge < -0.3 is 10.1 Å². The maximum atomic E-state index is 5.91. The third kappa shape index (κ3) is 3.01. The average Bonchev–Trinajstić information content (AvgIpc) is 2.45. The highest BCUT2D eigenvalue weighted by Crippen LogP contribution is 2.38. The SMILES string of the molecule is CCCNC1c2cc(C(C)(C)CC)ccc2OCC1C. The van der Waals surface area contributed by atoms with E-state index in [4.69, 9.17) is 4.74 Å². The highest BCUT2D eigenvalue weighted by Gasteiger charge is 2.29. The summed E-state index contributed by atoms with van der Waals surface area (Å²) in [6, 6.07) is 7.18. The van der Waals surface area contributed by atoms with E-state index in [2.05, 4.69) is 58.1 Å². The number of nitrogens with one attached hydrogen (secondary N) is 1. The molecule has 1 aromatic rings. The molecule has 20 heavy (non-hydrogen) atoms. The molecule has 0 saturated heterocycles. The second kappa shape index (κ2) is 6.17. The molecule has 1 heterocycles. The summed E-state index contributed by atoms with van der Waals surface area (Å²) in [5, 5.41) is 3.69. The van der Waals surface area contributed by atoms with Crippen molar-refractivity contribution in [1.82, 2.24) is 5.32 Å². The zero-order valence-corrected chi connectivity index (χ0v) is 13.6. The molecule has 0 radical (unpaired) electrons. The van der Waals surface area contributed by atoms with Gasteiger partial charge in [-0.3, -0.25) is 0 Å². The molecule has 0 aliphatic carbocycles. The fraction of sp³-hybridized carbons (Fsp3) is 0.667. The molecular weight excluding hydrogens is 246 g/mol. The molecule has 2 atom stereocenters. The van der Waals surface area contributed by atoms with Gasteiger partial charge in [-0.15, -0.1) is 0 Å². The molecule has 1 aliphatic heterocycles. The van der Waals surface area contributed by atoms with Crippen LogP contribution in [0.1, 0.15) is 64.6 Å². The van der Waals surface area contributed by atoms with E-state index in [0.717, 1.165) is 25.3 Å². The lowest BCUT2D eigenvalue weighted by Crippen LogP contribution is -2.34. The van der Waals surface area contributed by atoms with Crippen LogP contribution in [0.15, 0.2) is 18.2 Å². The molecule has 1 N–H and O–H groups in total. The number of rotatable bonds is 5. The number of hydrogen-bond donors (Lipinski definition) is 1. The van der Waals surface area contributed by atoms with Gasteiger partial charge in [0.05, 0.1) is 6.61 Å². The Morgan fingerprint density at radius 3 is 2.70 bits per heavy atom. The molecule has 2 heteroatoms. The van der Waals surface area contributed by atoms with Gasteiger partial charge in [0.2, 0.25) is 0 Å². The van der Waals surface area contributed by atoms with Gasteiger partial charge in [0.1, 0.15) is 5.75 Å².